The lowest BCUT2D eigenvalue weighted by Crippen LogP contribution is -2.62. The van der Waals surface area contributed by atoms with Crippen molar-refractivity contribution >= 4 is 57.2 Å². The molecule has 5 aliphatic carbocycles. The standard InChI is InChI=1S/C60H73BN2/c1-54(2,3)38-15-18-41(19-16-38)62-49-22-17-39(55(4,5)6)29-47(49)61-48-33-45-46(59(13,14)36-58(45,11)12)34-50(48)63(42-20-21-43-44(32-42)57(9,10)35-56(43,7)8)52-31-40(30-51(62)53(52)61)60-26-23-37(24-27-60)25-28-60/h15-22,29-34,37H,23-28,35-36H2,1-14H3. The number of benzene rings is 5. The largest absolute Gasteiger partial charge is 0.311 e. The van der Waals surface area contributed by atoms with Crippen molar-refractivity contribution in [1.82, 2.24) is 0 Å². The number of fused-ring (bicyclic) bond motifs is 9. The van der Waals surface area contributed by atoms with Gasteiger partial charge in [-0.2, -0.15) is 0 Å². The third-order valence-corrected chi connectivity index (χ3v) is 17.7. The number of rotatable bonds is 3. The Balaban J connectivity index is 1.27. The Morgan fingerprint density at radius 1 is 0.460 bits per heavy atom. The van der Waals surface area contributed by atoms with Crippen LogP contribution in [0.2, 0.25) is 0 Å². The van der Waals surface area contributed by atoms with Crippen molar-refractivity contribution in [2.24, 2.45) is 5.92 Å². The second kappa shape index (κ2) is 13.0. The quantitative estimate of drug-likeness (QED) is 0.164. The van der Waals surface area contributed by atoms with Crippen LogP contribution in [0.15, 0.2) is 84.9 Å². The van der Waals surface area contributed by atoms with Gasteiger partial charge in [-0.15, -0.1) is 0 Å². The fourth-order valence-corrected chi connectivity index (χ4v) is 14.7. The van der Waals surface area contributed by atoms with Crippen LogP contribution in [0.5, 0.6) is 0 Å². The molecule has 2 bridgehead atoms. The molecule has 12 rings (SSSR count). The molecule has 7 aliphatic rings. The lowest BCUT2D eigenvalue weighted by molar-refractivity contribution is 0.136. The predicted octanol–water partition coefficient (Wildman–Crippen LogP) is 14.5. The molecule has 0 atom stereocenters. The molecule has 2 heterocycles. The average molecular weight is 833 g/mol. The molecular weight excluding hydrogens is 759 g/mol. The van der Waals surface area contributed by atoms with Crippen LogP contribution in [0.1, 0.15) is 187 Å². The summed E-state index contributed by atoms with van der Waals surface area (Å²) in [6.07, 6.45) is 10.3. The average Bonchev–Trinajstić information content (AvgIpc) is 3.53. The van der Waals surface area contributed by atoms with Crippen molar-refractivity contribution in [3.8, 4) is 0 Å². The number of hydrogen-bond acceptors (Lipinski definition) is 2. The van der Waals surface area contributed by atoms with E-state index in [9.17, 15) is 0 Å². The van der Waals surface area contributed by atoms with E-state index in [-0.39, 0.29) is 44.6 Å². The molecule has 326 valence electrons. The highest BCUT2D eigenvalue weighted by molar-refractivity contribution is 7.00. The van der Waals surface area contributed by atoms with Crippen LogP contribution < -0.4 is 26.2 Å². The number of nitrogens with zero attached hydrogens (tertiary/aromatic N) is 2. The van der Waals surface area contributed by atoms with E-state index in [1.165, 1.54) is 129 Å². The molecule has 63 heavy (non-hydrogen) atoms. The van der Waals surface area contributed by atoms with Crippen LogP contribution in [0.25, 0.3) is 0 Å². The second-order valence-corrected chi connectivity index (χ2v) is 26.2. The maximum absolute atomic E-state index is 2.78. The van der Waals surface area contributed by atoms with Crippen molar-refractivity contribution in [1.29, 1.82) is 0 Å². The summed E-state index contributed by atoms with van der Waals surface area (Å²) in [5, 5.41) is 0. The van der Waals surface area contributed by atoms with Gasteiger partial charge in [0.05, 0.1) is 0 Å². The highest BCUT2D eigenvalue weighted by Crippen LogP contribution is 2.57. The zero-order chi connectivity index (χ0) is 44.6. The molecule has 0 spiro atoms. The van der Waals surface area contributed by atoms with Crippen molar-refractivity contribution in [3.05, 3.63) is 124 Å². The van der Waals surface area contributed by atoms with E-state index in [0.717, 1.165) is 12.3 Å². The monoisotopic (exact) mass is 833 g/mol. The Morgan fingerprint density at radius 3 is 1.51 bits per heavy atom. The molecule has 0 radical (unpaired) electrons. The lowest BCUT2D eigenvalue weighted by Gasteiger charge is -2.50. The van der Waals surface area contributed by atoms with Gasteiger partial charge in [0.25, 0.3) is 6.71 Å². The molecule has 0 aromatic heterocycles. The summed E-state index contributed by atoms with van der Waals surface area (Å²) in [6, 6.07) is 35.6. The van der Waals surface area contributed by atoms with Gasteiger partial charge in [-0.3, -0.25) is 0 Å². The predicted molar refractivity (Wildman–Crippen MR) is 272 cm³/mol. The first-order valence-electron chi connectivity index (χ1n) is 24.8. The Morgan fingerprint density at radius 2 is 0.937 bits per heavy atom. The zero-order valence-corrected chi connectivity index (χ0v) is 41.3. The summed E-state index contributed by atoms with van der Waals surface area (Å²) in [5.74, 6) is 0.908. The van der Waals surface area contributed by atoms with Crippen LogP contribution in [-0.2, 0) is 37.9 Å². The maximum atomic E-state index is 2.78. The number of anilines is 6. The van der Waals surface area contributed by atoms with Gasteiger partial charge in [0, 0.05) is 34.1 Å². The van der Waals surface area contributed by atoms with Gasteiger partial charge in [0.15, 0.2) is 0 Å². The van der Waals surface area contributed by atoms with Crippen LogP contribution in [0.4, 0.5) is 34.1 Å². The smallest absolute Gasteiger partial charge is 0.252 e. The first kappa shape index (κ1) is 41.5. The van der Waals surface area contributed by atoms with E-state index in [4.69, 9.17) is 0 Å². The molecule has 5 aromatic rings. The van der Waals surface area contributed by atoms with E-state index < -0.39 is 0 Å². The molecule has 3 fully saturated rings. The third kappa shape index (κ3) is 6.09. The molecule has 0 N–H and O–H groups in total. The molecular formula is C60H73BN2. The maximum Gasteiger partial charge on any atom is 0.252 e. The highest BCUT2D eigenvalue weighted by Gasteiger charge is 2.51. The van der Waals surface area contributed by atoms with E-state index >= 15 is 0 Å². The molecule has 2 nitrogen and oxygen atoms in total. The summed E-state index contributed by atoms with van der Waals surface area (Å²) >= 11 is 0. The highest BCUT2D eigenvalue weighted by atomic mass is 15.2. The van der Waals surface area contributed by atoms with Crippen LogP contribution >= 0.6 is 0 Å². The van der Waals surface area contributed by atoms with Crippen molar-refractivity contribution < 1.29 is 0 Å². The summed E-state index contributed by atoms with van der Waals surface area (Å²) < 4.78 is 0. The van der Waals surface area contributed by atoms with Gasteiger partial charge < -0.3 is 9.80 Å². The Hall–Kier alpha value is -4.24. The second-order valence-electron chi connectivity index (χ2n) is 26.2. The number of hydrogen-bond donors (Lipinski definition) is 0. The van der Waals surface area contributed by atoms with Crippen LogP contribution in [0.3, 0.4) is 0 Å². The Bertz CT molecular complexity index is 2710. The molecule has 2 aliphatic heterocycles. The summed E-state index contributed by atoms with van der Waals surface area (Å²) in [7, 11) is 0. The van der Waals surface area contributed by atoms with E-state index in [1.807, 2.05) is 0 Å². The van der Waals surface area contributed by atoms with Crippen molar-refractivity contribution in [3.63, 3.8) is 0 Å². The molecule has 0 unspecified atom stereocenters. The fourth-order valence-electron chi connectivity index (χ4n) is 14.7. The summed E-state index contributed by atoms with van der Waals surface area (Å²) in [5.41, 5.74) is 23.6. The van der Waals surface area contributed by atoms with E-state index in [2.05, 4.69) is 192 Å². The van der Waals surface area contributed by atoms with E-state index in [0.29, 0.717) is 0 Å². The Labute approximate surface area is 381 Å². The van der Waals surface area contributed by atoms with Gasteiger partial charge in [-0.25, -0.2) is 0 Å². The molecule has 0 amide bonds. The normalized spacial score (nSPS) is 24.2. The van der Waals surface area contributed by atoms with Gasteiger partial charge >= 0.3 is 0 Å². The Kier molecular flexibility index (Phi) is 8.54. The first-order valence-corrected chi connectivity index (χ1v) is 24.8. The molecule has 0 saturated heterocycles. The van der Waals surface area contributed by atoms with Crippen LogP contribution in [0, 0.1) is 5.92 Å². The molecule has 3 saturated carbocycles. The van der Waals surface area contributed by atoms with Gasteiger partial charge in [-0.05, 0) is 199 Å². The first-order chi connectivity index (χ1) is 29.4. The van der Waals surface area contributed by atoms with Gasteiger partial charge in [0.2, 0.25) is 0 Å². The minimum absolute atomic E-state index is 0.0125. The minimum Gasteiger partial charge on any atom is -0.311 e. The molecule has 3 heteroatoms. The molecule has 5 aromatic carbocycles. The summed E-state index contributed by atoms with van der Waals surface area (Å²) in [4.78, 5) is 5.47. The van der Waals surface area contributed by atoms with Gasteiger partial charge in [-0.1, -0.05) is 133 Å². The SMILES string of the molecule is CC(C)(C)c1ccc(N2c3ccc(C(C)(C)C)cc3B3c4cc5c(cc4N(c4ccc6c(c4)C(C)(C)CC6(C)C)c4cc(C67CCC(CC6)CC7)cc2c43)C(C)(C)CC5(C)C)cc1. The minimum atomic E-state index is 0.0125. The van der Waals surface area contributed by atoms with Crippen molar-refractivity contribution in [2.75, 3.05) is 9.80 Å². The summed E-state index contributed by atoms with van der Waals surface area (Å²) in [6.45, 7) is 34.1. The third-order valence-electron chi connectivity index (χ3n) is 17.7. The topological polar surface area (TPSA) is 6.48 Å². The zero-order valence-electron chi connectivity index (χ0n) is 41.3. The van der Waals surface area contributed by atoms with Crippen LogP contribution in [-0.4, -0.2) is 6.71 Å². The fraction of sp³-hybridized carbons (Fsp3) is 0.500. The lowest BCUT2D eigenvalue weighted by atomic mass is 9.33. The van der Waals surface area contributed by atoms with Gasteiger partial charge in [0.1, 0.15) is 0 Å². The van der Waals surface area contributed by atoms with E-state index in [1.54, 1.807) is 5.56 Å². The van der Waals surface area contributed by atoms with Crippen molar-refractivity contribution in [2.45, 2.75) is 186 Å².